The van der Waals surface area contributed by atoms with Crippen molar-refractivity contribution in [3.05, 3.63) is 29.8 Å². The van der Waals surface area contributed by atoms with Crippen LogP contribution in [0, 0.1) is 0 Å². The Morgan fingerprint density at radius 3 is 2.37 bits per heavy atom. The van der Waals surface area contributed by atoms with E-state index in [-0.39, 0.29) is 19.0 Å². The van der Waals surface area contributed by atoms with Crippen LogP contribution in [0.2, 0.25) is 0 Å². The lowest BCUT2D eigenvalue weighted by atomic mass is 10.1. The summed E-state index contributed by atoms with van der Waals surface area (Å²) in [4.78, 5) is 26.9. The number of carbonyl (C=O) groups is 2. The summed E-state index contributed by atoms with van der Waals surface area (Å²) in [5.41, 5.74) is 0.794. The largest absolute Gasteiger partial charge is 0.497 e. The van der Waals surface area contributed by atoms with Gasteiger partial charge in [0, 0.05) is 33.4 Å². The molecule has 0 saturated carbocycles. The van der Waals surface area contributed by atoms with E-state index in [1.54, 1.807) is 38.3 Å². The number of carbonyl (C=O) groups excluding carboxylic acids is 2. The van der Waals surface area contributed by atoms with Gasteiger partial charge in [0.15, 0.2) is 0 Å². The molecule has 0 aliphatic rings. The normalized spacial score (nSPS) is 12.5. The fourth-order valence-corrected chi connectivity index (χ4v) is 2.93. The Morgan fingerprint density at radius 1 is 1.20 bits per heavy atom. The van der Waals surface area contributed by atoms with Crippen molar-refractivity contribution < 1.29 is 27.5 Å². The molecule has 10 heteroatoms. The molecule has 1 N–H and O–H groups in total. The van der Waals surface area contributed by atoms with E-state index < -0.39 is 22.0 Å². The lowest BCUT2D eigenvalue weighted by Crippen LogP contribution is -2.50. The summed E-state index contributed by atoms with van der Waals surface area (Å²) < 4.78 is 34.7. The summed E-state index contributed by atoms with van der Waals surface area (Å²) in [5.74, 6) is -0.0976. The summed E-state index contributed by atoms with van der Waals surface area (Å²) in [6.07, 6.45) is 1.69. The molecule has 9 nitrogen and oxygen atoms in total. The fourth-order valence-electron chi connectivity index (χ4n) is 2.59. The van der Waals surface area contributed by atoms with E-state index in [2.05, 4.69) is 5.32 Å². The third-order valence-electron chi connectivity index (χ3n) is 4.57. The van der Waals surface area contributed by atoms with Crippen LogP contribution in [0.3, 0.4) is 0 Å². The molecule has 170 valence electrons. The Bertz CT molecular complexity index is 782. The number of likely N-dealkylation sites (N-methyl/N-ethyl adjacent to an activating group) is 1. The van der Waals surface area contributed by atoms with Gasteiger partial charge in [0.1, 0.15) is 11.8 Å². The maximum Gasteiger partial charge on any atom is 0.242 e. The lowest BCUT2D eigenvalue weighted by Gasteiger charge is -2.30. The van der Waals surface area contributed by atoms with Gasteiger partial charge in [-0.15, -0.1) is 0 Å². The Morgan fingerprint density at radius 2 is 1.83 bits per heavy atom. The molecule has 0 fully saturated rings. The van der Waals surface area contributed by atoms with Crippen LogP contribution in [-0.4, -0.2) is 82.2 Å². The van der Waals surface area contributed by atoms with Gasteiger partial charge in [-0.05, 0) is 38.0 Å². The van der Waals surface area contributed by atoms with E-state index in [0.29, 0.717) is 31.9 Å². The number of sulfonamides is 1. The van der Waals surface area contributed by atoms with Crippen molar-refractivity contribution in [2.45, 2.75) is 32.9 Å². The fraction of sp³-hybridized carbons (Fsp3) is 0.600. The van der Waals surface area contributed by atoms with E-state index >= 15 is 0 Å². The van der Waals surface area contributed by atoms with Crippen molar-refractivity contribution in [2.24, 2.45) is 0 Å². The number of amides is 2. The maximum atomic E-state index is 12.9. The van der Waals surface area contributed by atoms with Crippen LogP contribution in [-0.2, 0) is 30.9 Å². The predicted octanol–water partition coefficient (Wildman–Crippen LogP) is 0.847. The van der Waals surface area contributed by atoms with Crippen molar-refractivity contribution in [3.8, 4) is 5.75 Å². The second-order valence-electron chi connectivity index (χ2n) is 6.91. The Labute approximate surface area is 179 Å². The zero-order valence-electron chi connectivity index (χ0n) is 18.4. The number of nitrogens with zero attached hydrogens (tertiary/aromatic N) is 2. The molecule has 2 amide bonds. The molecule has 1 atom stereocenters. The van der Waals surface area contributed by atoms with Gasteiger partial charge in [-0.3, -0.25) is 9.59 Å². The molecule has 0 spiro atoms. The van der Waals surface area contributed by atoms with Gasteiger partial charge in [0.05, 0.1) is 19.9 Å². The minimum absolute atomic E-state index is 0.161. The van der Waals surface area contributed by atoms with Crippen molar-refractivity contribution in [3.63, 3.8) is 0 Å². The zero-order valence-corrected chi connectivity index (χ0v) is 19.2. The number of nitrogens with one attached hydrogen (secondary N) is 1. The molecule has 1 rings (SSSR count). The van der Waals surface area contributed by atoms with Gasteiger partial charge < -0.3 is 19.7 Å². The Kier molecular flexibility index (Phi) is 10.8. The zero-order chi connectivity index (χ0) is 22.7. The van der Waals surface area contributed by atoms with Gasteiger partial charge in [0.2, 0.25) is 21.8 Å². The van der Waals surface area contributed by atoms with Crippen LogP contribution in [0.4, 0.5) is 0 Å². The topological polar surface area (TPSA) is 105 Å². The van der Waals surface area contributed by atoms with Crippen LogP contribution in [0.1, 0.15) is 25.8 Å². The van der Waals surface area contributed by atoms with Crippen LogP contribution >= 0.6 is 0 Å². The first-order chi connectivity index (χ1) is 14.1. The van der Waals surface area contributed by atoms with Crippen LogP contribution < -0.4 is 10.1 Å². The molecule has 0 aliphatic carbocycles. The highest BCUT2D eigenvalue weighted by atomic mass is 32.2. The van der Waals surface area contributed by atoms with Gasteiger partial charge in [-0.25, -0.2) is 8.42 Å². The summed E-state index contributed by atoms with van der Waals surface area (Å²) in [6.45, 7) is 4.92. The SMILES string of the molecule is CCOCCCNC(=O)[C@@H](C)N(Cc1ccc(OC)cc1)C(=O)CN(C)S(C)(=O)=O. The molecule has 0 aliphatic heterocycles. The van der Waals surface area contributed by atoms with Crippen LogP contribution in [0.25, 0.3) is 0 Å². The third-order valence-corrected chi connectivity index (χ3v) is 5.83. The van der Waals surface area contributed by atoms with Crippen molar-refractivity contribution in [1.82, 2.24) is 14.5 Å². The number of hydrogen-bond acceptors (Lipinski definition) is 6. The number of benzene rings is 1. The lowest BCUT2D eigenvalue weighted by molar-refractivity contribution is -0.140. The van der Waals surface area contributed by atoms with E-state index in [1.807, 2.05) is 6.92 Å². The molecule has 1 aromatic carbocycles. The number of hydrogen-bond donors (Lipinski definition) is 1. The number of methoxy groups -OCH3 is 1. The molecule has 0 heterocycles. The van der Waals surface area contributed by atoms with Crippen LogP contribution in [0.15, 0.2) is 24.3 Å². The number of rotatable bonds is 13. The molecular weight excluding hydrogens is 410 g/mol. The first kappa shape index (κ1) is 25.9. The van der Waals surface area contributed by atoms with Gasteiger partial charge >= 0.3 is 0 Å². The molecule has 0 saturated heterocycles. The minimum Gasteiger partial charge on any atom is -0.497 e. The average molecular weight is 444 g/mol. The molecule has 0 unspecified atom stereocenters. The summed E-state index contributed by atoms with van der Waals surface area (Å²) in [6, 6.07) is 6.34. The first-order valence-electron chi connectivity index (χ1n) is 9.79. The standard InChI is InChI=1S/C20H33N3O6S/c1-6-29-13-7-12-21-20(25)16(2)23(19(24)15-22(3)30(5,26)27)14-17-8-10-18(28-4)11-9-17/h8-11,16H,6-7,12-15H2,1-5H3,(H,21,25)/t16-/m1/s1. The van der Waals surface area contributed by atoms with Crippen molar-refractivity contribution >= 4 is 21.8 Å². The Balaban J connectivity index is 2.91. The third kappa shape index (κ3) is 8.68. The molecule has 0 aromatic heterocycles. The predicted molar refractivity (Wildman–Crippen MR) is 115 cm³/mol. The maximum absolute atomic E-state index is 12.9. The molecule has 0 bridgehead atoms. The van der Waals surface area contributed by atoms with Gasteiger partial charge in [0.25, 0.3) is 0 Å². The average Bonchev–Trinajstić information content (AvgIpc) is 2.70. The summed E-state index contributed by atoms with van der Waals surface area (Å²) in [5, 5.41) is 2.80. The minimum atomic E-state index is -3.53. The summed E-state index contributed by atoms with van der Waals surface area (Å²) in [7, 11) is -0.637. The monoisotopic (exact) mass is 443 g/mol. The second-order valence-corrected chi connectivity index (χ2v) is 9.00. The highest BCUT2D eigenvalue weighted by Crippen LogP contribution is 2.15. The molecule has 1 aromatic rings. The molecular formula is C20H33N3O6S. The van der Waals surface area contributed by atoms with Crippen molar-refractivity contribution in [2.75, 3.05) is 46.7 Å². The number of ether oxygens (including phenoxy) is 2. The van der Waals surface area contributed by atoms with Crippen LogP contribution in [0.5, 0.6) is 5.75 Å². The van der Waals surface area contributed by atoms with Gasteiger partial charge in [-0.1, -0.05) is 12.1 Å². The van der Waals surface area contributed by atoms with Crippen molar-refractivity contribution in [1.29, 1.82) is 0 Å². The highest BCUT2D eigenvalue weighted by Gasteiger charge is 2.28. The smallest absolute Gasteiger partial charge is 0.242 e. The van der Waals surface area contributed by atoms with Gasteiger partial charge in [-0.2, -0.15) is 4.31 Å². The summed E-state index contributed by atoms with van der Waals surface area (Å²) >= 11 is 0. The quantitative estimate of drug-likeness (QED) is 0.453. The molecule has 0 radical (unpaired) electrons. The van der Waals surface area contributed by atoms with E-state index in [4.69, 9.17) is 9.47 Å². The first-order valence-corrected chi connectivity index (χ1v) is 11.6. The Hall–Kier alpha value is -2.17. The molecule has 30 heavy (non-hydrogen) atoms. The van der Waals surface area contributed by atoms with E-state index in [1.165, 1.54) is 11.9 Å². The second kappa shape index (κ2) is 12.5. The van der Waals surface area contributed by atoms with E-state index in [9.17, 15) is 18.0 Å². The van der Waals surface area contributed by atoms with E-state index in [0.717, 1.165) is 16.1 Å². The highest BCUT2D eigenvalue weighted by molar-refractivity contribution is 7.88.